The number of hydrogen-bond acceptors (Lipinski definition) is 6. The van der Waals surface area contributed by atoms with Gasteiger partial charge in [0.15, 0.2) is 0 Å². The third-order valence-corrected chi connectivity index (χ3v) is 2.86. The number of nitrogen functional groups attached to an aromatic ring is 1. The van der Waals surface area contributed by atoms with Crippen molar-refractivity contribution in [3.05, 3.63) is 22.2 Å². The van der Waals surface area contributed by atoms with E-state index >= 15 is 0 Å². The molecule has 20 heavy (non-hydrogen) atoms. The molecule has 2 unspecified atom stereocenters. The number of methoxy groups -OCH3 is 1. The molecule has 0 spiro atoms. The number of nitrogens with zero attached hydrogens (tertiary/aromatic N) is 2. The molecule has 0 aliphatic heterocycles. The molecule has 0 radical (unpaired) electrons. The molecule has 8 heteroatoms. The van der Waals surface area contributed by atoms with Crippen molar-refractivity contribution in [1.29, 1.82) is 0 Å². The van der Waals surface area contributed by atoms with E-state index < -0.39 is 30.8 Å². The maximum Gasteiger partial charge on any atom is 0.351 e. The Labute approximate surface area is 116 Å². The first kappa shape index (κ1) is 16.5. The van der Waals surface area contributed by atoms with E-state index in [1.807, 2.05) is 0 Å². The van der Waals surface area contributed by atoms with E-state index in [4.69, 9.17) is 15.2 Å². The number of halogens is 1. The molecule has 7 nitrogen and oxygen atoms in total. The summed E-state index contributed by atoms with van der Waals surface area (Å²) in [5, 5.41) is 9.51. The standard InChI is InChI=1S/C12H20FN3O4/c1-7-5-16(12(18)15-11(7)14)8(2)20-10(6-19-3)9(17)4-13/h5,8-10,17H,4,6H2,1-3H3,(H2,14,15,18)/t8-,9?,10?/m1/s1. The second kappa shape index (κ2) is 7.32. The van der Waals surface area contributed by atoms with Crippen molar-refractivity contribution in [3.63, 3.8) is 0 Å². The third-order valence-electron chi connectivity index (χ3n) is 2.86. The highest BCUT2D eigenvalue weighted by Crippen LogP contribution is 2.14. The molecule has 1 aromatic heterocycles. The number of alkyl halides is 1. The van der Waals surface area contributed by atoms with Crippen molar-refractivity contribution < 1.29 is 19.0 Å². The molecule has 3 N–H and O–H groups in total. The Bertz CT molecular complexity index is 494. The van der Waals surface area contributed by atoms with E-state index in [0.717, 1.165) is 0 Å². The smallest absolute Gasteiger partial charge is 0.351 e. The van der Waals surface area contributed by atoms with Crippen molar-refractivity contribution in [1.82, 2.24) is 9.55 Å². The monoisotopic (exact) mass is 289 g/mol. The van der Waals surface area contributed by atoms with Gasteiger partial charge in [0, 0.05) is 18.9 Å². The van der Waals surface area contributed by atoms with Gasteiger partial charge in [0.2, 0.25) is 0 Å². The van der Waals surface area contributed by atoms with Crippen LogP contribution in [-0.4, -0.2) is 47.3 Å². The van der Waals surface area contributed by atoms with Crippen LogP contribution < -0.4 is 11.4 Å². The van der Waals surface area contributed by atoms with Crippen molar-refractivity contribution in [2.24, 2.45) is 0 Å². The minimum Gasteiger partial charge on any atom is -0.388 e. The summed E-state index contributed by atoms with van der Waals surface area (Å²) in [7, 11) is 1.41. The second-order valence-corrected chi connectivity index (χ2v) is 4.45. The molecule has 0 aromatic carbocycles. The molecule has 0 aliphatic carbocycles. The summed E-state index contributed by atoms with van der Waals surface area (Å²) >= 11 is 0. The number of nitrogens with two attached hydrogens (primary N) is 1. The lowest BCUT2D eigenvalue weighted by molar-refractivity contribution is -0.126. The first-order valence-electron chi connectivity index (χ1n) is 6.14. The molecular weight excluding hydrogens is 269 g/mol. The van der Waals surface area contributed by atoms with Crippen LogP contribution in [0, 0.1) is 6.92 Å². The van der Waals surface area contributed by atoms with Gasteiger partial charge in [0.25, 0.3) is 0 Å². The fraction of sp³-hybridized carbons (Fsp3) is 0.667. The molecule has 0 aliphatic rings. The summed E-state index contributed by atoms with van der Waals surface area (Å²) in [5.74, 6) is 0.149. The Morgan fingerprint density at radius 1 is 1.60 bits per heavy atom. The van der Waals surface area contributed by atoms with Crippen LogP contribution in [0.5, 0.6) is 0 Å². The summed E-state index contributed by atoms with van der Waals surface area (Å²) in [6.07, 6.45) is -1.45. The normalized spacial score (nSPS) is 15.8. The van der Waals surface area contributed by atoms with Crippen molar-refractivity contribution >= 4 is 5.82 Å². The minimum atomic E-state index is -1.32. The number of ether oxygens (including phenoxy) is 2. The summed E-state index contributed by atoms with van der Waals surface area (Å²) in [6.45, 7) is 2.33. The van der Waals surface area contributed by atoms with Gasteiger partial charge in [-0.25, -0.2) is 9.18 Å². The van der Waals surface area contributed by atoms with Gasteiger partial charge in [0.05, 0.1) is 6.61 Å². The molecule has 1 heterocycles. The zero-order valence-corrected chi connectivity index (χ0v) is 11.7. The predicted octanol–water partition coefficient (Wildman–Crippen LogP) is 0.0144. The largest absolute Gasteiger partial charge is 0.388 e. The highest BCUT2D eigenvalue weighted by atomic mass is 19.1. The minimum absolute atomic E-state index is 0.00552. The number of aromatic nitrogens is 2. The van der Waals surface area contributed by atoms with Gasteiger partial charge in [-0.2, -0.15) is 4.98 Å². The number of aryl methyl sites for hydroxylation is 1. The van der Waals surface area contributed by atoms with Crippen LogP contribution in [0.4, 0.5) is 10.2 Å². The van der Waals surface area contributed by atoms with E-state index in [9.17, 15) is 14.3 Å². The van der Waals surface area contributed by atoms with Crippen LogP contribution in [-0.2, 0) is 9.47 Å². The van der Waals surface area contributed by atoms with Crippen LogP contribution in [0.3, 0.4) is 0 Å². The van der Waals surface area contributed by atoms with Gasteiger partial charge in [-0.1, -0.05) is 0 Å². The van der Waals surface area contributed by atoms with E-state index in [1.54, 1.807) is 13.8 Å². The van der Waals surface area contributed by atoms with Crippen LogP contribution >= 0.6 is 0 Å². The SMILES string of the molecule is COCC(O[C@H](C)n1cc(C)c(N)nc1=O)C(O)CF. The Morgan fingerprint density at radius 2 is 2.25 bits per heavy atom. The topological polar surface area (TPSA) is 99.6 Å². The molecule has 3 atom stereocenters. The number of aliphatic hydroxyl groups is 1. The summed E-state index contributed by atoms with van der Waals surface area (Å²) in [4.78, 5) is 15.4. The third kappa shape index (κ3) is 3.99. The van der Waals surface area contributed by atoms with Gasteiger partial charge in [-0.3, -0.25) is 4.57 Å². The zero-order valence-electron chi connectivity index (χ0n) is 11.7. The van der Waals surface area contributed by atoms with Gasteiger partial charge in [-0.05, 0) is 13.8 Å². The van der Waals surface area contributed by atoms with Crippen LogP contribution in [0.25, 0.3) is 0 Å². The van der Waals surface area contributed by atoms with Gasteiger partial charge >= 0.3 is 5.69 Å². The molecule has 0 saturated heterocycles. The maximum atomic E-state index is 12.5. The average molecular weight is 289 g/mol. The number of anilines is 1. The average Bonchev–Trinajstić information content (AvgIpc) is 2.41. The first-order valence-corrected chi connectivity index (χ1v) is 6.14. The second-order valence-electron chi connectivity index (χ2n) is 4.45. The Kier molecular flexibility index (Phi) is 6.05. The fourth-order valence-electron chi connectivity index (χ4n) is 1.66. The molecule has 0 saturated carbocycles. The number of rotatable bonds is 7. The zero-order chi connectivity index (χ0) is 15.3. The predicted molar refractivity (Wildman–Crippen MR) is 71.1 cm³/mol. The first-order chi connectivity index (χ1) is 9.40. The van der Waals surface area contributed by atoms with E-state index in [2.05, 4.69) is 4.98 Å². The highest BCUT2D eigenvalue weighted by molar-refractivity contribution is 5.35. The van der Waals surface area contributed by atoms with Crippen LogP contribution in [0.2, 0.25) is 0 Å². The van der Waals surface area contributed by atoms with E-state index in [-0.39, 0.29) is 12.4 Å². The maximum absolute atomic E-state index is 12.5. The van der Waals surface area contributed by atoms with E-state index in [1.165, 1.54) is 17.9 Å². The lowest BCUT2D eigenvalue weighted by Crippen LogP contribution is -2.38. The van der Waals surface area contributed by atoms with Crippen LogP contribution in [0.15, 0.2) is 11.0 Å². The van der Waals surface area contributed by atoms with Crippen molar-refractivity contribution in [3.8, 4) is 0 Å². The molecule has 0 bridgehead atoms. The molecule has 0 amide bonds. The molecular formula is C12H20FN3O4. The molecule has 1 rings (SSSR count). The van der Waals surface area contributed by atoms with Crippen molar-refractivity contribution in [2.75, 3.05) is 26.1 Å². The summed E-state index contributed by atoms with van der Waals surface area (Å²) in [5.41, 5.74) is 5.58. The lowest BCUT2D eigenvalue weighted by Gasteiger charge is -2.25. The summed E-state index contributed by atoms with van der Waals surface area (Å²) < 4.78 is 24.1. The molecule has 1 aromatic rings. The van der Waals surface area contributed by atoms with Gasteiger partial charge in [0.1, 0.15) is 30.9 Å². The number of aliphatic hydroxyl groups excluding tert-OH is 1. The molecule has 114 valence electrons. The fourth-order valence-corrected chi connectivity index (χ4v) is 1.66. The van der Waals surface area contributed by atoms with Crippen LogP contribution in [0.1, 0.15) is 18.7 Å². The quantitative estimate of drug-likeness (QED) is 0.734. The van der Waals surface area contributed by atoms with Crippen molar-refractivity contribution in [2.45, 2.75) is 32.3 Å². The summed E-state index contributed by atoms with van der Waals surface area (Å²) in [6, 6.07) is 0. The Balaban J connectivity index is 2.91. The Morgan fingerprint density at radius 3 is 2.80 bits per heavy atom. The Hall–Kier alpha value is -1.51. The van der Waals surface area contributed by atoms with E-state index in [0.29, 0.717) is 5.56 Å². The molecule has 0 fully saturated rings. The number of hydrogen-bond donors (Lipinski definition) is 2. The van der Waals surface area contributed by atoms with Gasteiger partial charge < -0.3 is 20.3 Å². The lowest BCUT2D eigenvalue weighted by atomic mass is 10.2. The van der Waals surface area contributed by atoms with Gasteiger partial charge in [-0.15, -0.1) is 0 Å². The highest BCUT2D eigenvalue weighted by Gasteiger charge is 2.23.